The van der Waals surface area contributed by atoms with Gasteiger partial charge in [-0.05, 0) is 32.1 Å². The van der Waals surface area contributed by atoms with Gasteiger partial charge in [0, 0.05) is 51.2 Å². The second kappa shape index (κ2) is 9.68. The molecular weight excluding hydrogens is 320 g/mol. The normalized spacial score (nSPS) is 21.4. The molecule has 0 aliphatic carbocycles. The first-order chi connectivity index (χ1) is 12.3. The third-order valence-electron chi connectivity index (χ3n) is 4.83. The number of hydrogen-bond acceptors (Lipinski definition) is 6. The third-order valence-corrected chi connectivity index (χ3v) is 4.83. The van der Waals surface area contributed by atoms with Crippen LogP contribution in [0.1, 0.15) is 32.1 Å². The molecule has 1 amide bonds. The number of piperidine rings is 1. The van der Waals surface area contributed by atoms with E-state index in [1.165, 1.54) is 0 Å². The van der Waals surface area contributed by atoms with Crippen LogP contribution in [0.3, 0.4) is 0 Å². The molecule has 0 radical (unpaired) electrons. The summed E-state index contributed by atoms with van der Waals surface area (Å²) in [6, 6.07) is 0. The summed E-state index contributed by atoms with van der Waals surface area (Å²) in [7, 11) is 0. The number of amides is 1. The first kappa shape index (κ1) is 18.1. The van der Waals surface area contributed by atoms with Gasteiger partial charge in [0.05, 0.1) is 18.9 Å². The van der Waals surface area contributed by atoms with Crippen molar-refractivity contribution in [2.24, 2.45) is 5.92 Å². The zero-order valence-corrected chi connectivity index (χ0v) is 14.7. The highest BCUT2D eigenvalue weighted by Gasteiger charge is 2.25. The Bertz CT molecular complexity index is 514. The van der Waals surface area contributed by atoms with Crippen molar-refractivity contribution in [2.45, 2.75) is 38.2 Å². The lowest BCUT2D eigenvalue weighted by atomic mass is 9.96. The van der Waals surface area contributed by atoms with Crippen LogP contribution < -0.4 is 10.2 Å². The summed E-state index contributed by atoms with van der Waals surface area (Å²) < 4.78 is 11.1. The Hall–Kier alpha value is -1.73. The molecule has 138 valence electrons. The van der Waals surface area contributed by atoms with Gasteiger partial charge in [-0.3, -0.25) is 9.78 Å². The summed E-state index contributed by atoms with van der Waals surface area (Å²) in [6.07, 6.45) is 10.2. The second-order valence-electron chi connectivity index (χ2n) is 6.68. The van der Waals surface area contributed by atoms with Gasteiger partial charge in [0.15, 0.2) is 0 Å². The van der Waals surface area contributed by atoms with Crippen molar-refractivity contribution >= 4 is 11.7 Å². The Morgan fingerprint density at radius 3 is 2.92 bits per heavy atom. The lowest BCUT2D eigenvalue weighted by molar-refractivity contribution is -0.125. The minimum absolute atomic E-state index is 0.0979. The highest BCUT2D eigenvalue weighted by Crippen LogP contribution is 2.21. The molecule has 1 atom stereocenters. The van der Waals surface area contributed by atoms with E-state index in [1.807, 2.05) is 0 Å². The fraction of sp³-hybridized carbons (Fsp3) is 0.722. The molecule has 7 heteroatoms. The SMILES string of the molecule is O=C(NCCCOCC1CCCO1)C1CCN(c2cnccn2)CC1. The Morgan fingerprint density at radius 2 is 2.20 bits per heavy atom. The van der Waals surface area contributed by atoms with E-state index in [0.29, 0.717) is 19.8 Å². The molecule has 7 nitrogen and oxygen atoms in total. The maximum Gasteiger partial charge on any atom is 0.223 e. The quantitative estimate of drug-likeness (QED) is 0.716. The van der Waals surface area contributed by atoms with Crippen LogP contribution in [-0.2, 0) is 14.3 Å². The number of anilines is 1. The van der Waals surface area contributed by atoms with Crippen molar-refractivity contribution in [1.82, 2.24) is 15.3 Å². The summed E-state index contributed by atoms with van der Waals surface area (Å²) in [5.41, 5.74) is 0. The van der Waals surface area contributed by atoms with Gasteiger partial charge in [-0.2, -0.15) is 0 Å². The van der Waals surface area contributed by atoms with Crippen LogP contribution in [0.2, 0.25) is 0 Å². The molecule has 25 heavy (non-hydrogen) atoms. The van der Waals surface area contributed by atoms with Gasteiger partial charge < -0.3 is 19.7 Å². The molecule has 1 unspecified atom stereocenters. The molecule has 2 fully saturated rings. The number of rotatable bonds is 8. The molecule has 0 bridgehead atoms. The topological polar surface area (TPSA) is 76.6 Å². The number of nitrogens with one attached hydrogen (secondary N) is 1. The number of hydrogen-bond donors (Lipinski definition) is 1. The van der Waals surface area contributed by atoms with E-state index in [1.54, 1.807) is 18.6 Å². The van der Waals surface area contributed by atoms with Crippen LogP contribution in [0.25, 0.3) is 0 Å². The van der Waals surface area contributed by atoms with Gasteiger partial charge in [-0.1, -0.05) is 0 Å². The largest absolute Gasteiger partial charge is 0.379 e. The monoisotopic (exact) mass is 348 g/mol. The summed E-state index contributed by atoms with van der Waals surface area (Å²) >= 11 is 0. The van der Waals surface area contributed by atoms with Gasteiger partial charge >= 0.3 is 0 Å². The molecule has 2 aliphatic heterocycles. The van der Waals surface area contributed by atoms with Gasteiger partial charge in [0.25, 0.3) is 0 Å². The lowest BCUT2D eigenvalue weighted by Gasteiger charge is -2.31. The van der Waals surface area contributed by atoms with E-state index >= 15 is 0 Å². The molecule has 0 spiro atoms. The van der Waals surface area contributed by atoms with Crippen molar-refractivity contribution in [1.29, 1.82) is 0 Å². The number of carbonyl (C=O) groups excluding carboxylic acids is 1. The van der Waals surface area contributed by atoms with Crippen molar-refractivity contribution in [2.75, 3.05) is 44.4 Å². The summed E-state index contributed by atoms with van der Waals surface area (Å²) in [5.74, 6) is 1.16. The van der Waals surface area contributed by atoms with E-state index in [0.717, 1.165) is 57.6 Å². The smallest absolute Gasteiger partial charge is 0.223 e. The number of aromatic nitrogens is 2. The van der Waals surface area contributed by atoms with Crippen LogP contribution in [0.15, 0.2) is 18.6 Å². The van der Waals surface area contributed by atoms with Crippen LogP contribution in [-0.4, -0.2) is 61.4 Å². The van der Waals surface area contributed by atoms with Crippen molar-refractivity contribution in [3.8, 4) is 0 Å². The van der Waals surface area contributed by atoms with E-state index in [4.69, 9.17) is 9.47 Å². The first-order valence-electron chi connectivity index (χ1n) is 9.31. The average Bonchev–Trinajstić information content (AvgIpc) is 3.19. The Kier molecular flexibility index (Phi) is 6.99. The maximum absolute atomic E-state index is 12.3. The van der Waals surface area contributed by atoms with Gasteiger partial charge in [0.1, 0.15) is 5.82 Å². The van der Waals surface area contributed by atoms with Gasteiger partial charge in [-0.15, -0.1) is 0 Å². The Labute approximate surface area is 149 Å². The maximum atomic E-state index is 12.3. The second-order valence-corrected chi connectivity index (χ2v) is 6.68. The molecule has 1 N–H and O–H groups in total. The molecule has 0 aromatic carbocycles. The minimum atomic E-state index is 0.0979. The first-order valence-corrected chi connectivity index (χ1v) is 9.31. The predicted octanol–water partition coefficient (Wildman–Crippen LogP) is 1.39. The molecule has 1 aromatic heterocycles. The molecule has 2 aliphatic rings. The molecule has 3 heterocycles. The molecular formula is C18H28N4O3. The number of ether oxygens (including phenoxy) is 2. The van der Waals surface area contributed by atoms with Crippen molar-refractivity contribution < 1.29 is 14.3 Å². The van der Waals surface area contributed by atoms with Gasteiger partial charge in [0.2, 0.25) is 5.91 Å². The molecule has 2 saturated heterocycles. The number of nitrogens with zero attached hydrogens (tertiary/aromatic N) is 3. The molecule has 0 saturated carbocycles. The summed E-state index contributed by atoms with van der Waals surface area (Å²) in [6.45, 7) is 4.58. The zero-order chi connectivity index (χ0) is 17.3. The van der Waals surface area contributed by atoms with E-state index in [2.05, 4.69) is 20.2 Å². The van der Waals surface area contributed by atoms with Crippen LogP contribution >= 0.6 is 0 Å². The van der Waals surface area contributed by atoms with E-state index in [9.17, 15) is 4.79 Å². The molecule has 3 rings (SSSR count). The predicted molar refractivity (Wildman–Crippen MR) is 94.4 cm³/mol. The van der Waals surface area contributed by atoms with Crippen LogP contribution in [0.5, 0.6) is 0 Å². The average molecular weight is 348 g/mol. The highest BCUT2D eigenvalue weighted by atomic mass is 16.5. The third kappa shape index (κ3) is 5.64. The summed E-state index contributed by atoms with van der Waals surface area (Å²) in [4.78, 5) is 22.9. The molecule has 1 aromatic rings. The van der Waals surface area contributed by atoms with Crippen molar-refractivity contribution in [3.05, 3.63) is 18.6 Å². The highest BCUT2D eigenvalue weighted by molar-refractivity contribution is 5.78. The Balaban J connectivity index is 1.25. The summed E-state index contributed by atoms with van der Waals surface area (Å²) in [5, 5.41) is 3.04. The zero-order valence-electron chi connectivity index (χ0n) is 14.7. The minimum Gasteiger partial charge on any atom is -0.379 e. The van der Waals surface area contributed by atoms with E-state index in [-0.39, 0.29) is 17.9 Å². The van der Waals surface area contributed by atoms with Crippen molar-refractivity contribution in [3.63, 3.8) is 0 Å². The fourth-order valence-corrected chi connectivity index (χ4v) is 3.35. The van der Waals surface area contributed by atoms with Crippen LogP contribution in [0, 0.1) is 5.92 Å². The Morgan fingerprint density at radius 1 is 1.32 bits per heavy atom. The van der Waals surface area contributed by atoms with Gasteiger partial charge in [-0.25, -0.2) is 4.98 Å². The van der Waals surface area contributed by atoms with Crippen LogP contribution in [0.4, 0.5) is 5.82 Å². The fourth-order valence-electron chi connectivity index (χ4n) is 3.35. The lowest BCUT2D eigenvalue weighted by Crippen LogP contribution is -2.41. The number of carbonyl (C=O) groups is 1. The van der Waals surface area contributed by atoms with E-state index < -0.39 is 0 Å². The standard InChI is InChI=1S/C18H28N4O3/c23-18(21-6-2-11-24-14-16-3-1-12-25-16)15-4-9-22(10-5-15)17-13-19-7-8-20-17/h7-8,13,15-16H,1-6,9-12,14H2,(H,21,23).